The number of piperazine rings is 1. The number of benzene rings is 1. The zero-order valence-corrected chi connectivity index (χ0v) is 15.9. The van der Waals surface area contributed by atoms with Crippen LogP contribution in [-0.4, -0.2) is 54.1 Å². The Morgan fingerprint density at radius 2 is 1.92 bits per heavy atom. The van der Waals surface area contributed by atoms with Gasteiger partial charge in [-0.1, -0.05) is 11.6 Å². The van der Waals surface area contributed by atoms with Gasteiger partial charge >= 0.3 is 0 Å². The molecule has 1 N–H and O–H groups in total. The minimum Gasteiger partial charge on any atom is -0.495 e. The molecule has 1 aromatic carbocycles. The molecule has 1 aliphatic heterocycles. The van der Waals surface area contributed by atoms with Crippen molar-refractivity contribution in [1.29, 1.82) is 0 Å². The molecule has 1 saturated heterocycles. The number of carbonyl (C=O) groups is 1. The van der Waals surface area contributed by atoms with E-state index in [0.717, 1.165) is 24.6 Å². The Labute approximate surface area is 157 Å². The Hall–Kier alpha value is -2.54. The highest BCUT2D eigenvalue weighted by Gasteiger charge is 2.20. The number of anilines is 3. The number of methoxy groups -OCH3 is 1. The van der Waals surface area contributed by atoms with E-state index in [0.29, 0.717) is 35.5 Å². The Kier molecular flexibility index (Phi) is 5.46. The topological polar surface area (TPSA) is 70.6 Å². The van der Waals surface area contributed by atoms with Gasteiger partial charge in [-0.3, -0.25) is 4.79 Å². The normalized spacial score (nSPS) is 14.3. The maximum Gasteiger partial charge on any atom is 0.219 e. The van der Waals surface area contributed by atoms with Gasteiger partial charge in [0.15, 0.2) is 0 Å². The number of ether oxygens (including phenoxy) is 1. The second-order valence-electron chi connectivity index (χ2n) is 6.12. The van der Waals surface area contributed by atoms with Gasteiger partial charge in [0, 0.05) is 44.2 Å². The molecule has 1 aliphatic rings. The van der Waals surface area contributed by atoms with Crippen molar-refractivity contribution in [2.45, 2.75) is 13.8 Å². The monoisotopic (exact) mass is 375 g/mol. The minimum absolute atomic E-state index is 0.110. The SMILES string of the molecule is COc1ccc(Cl)cc1Nc1cc(N2CCN(C(C)=O)CC2)nc(C)n1. The lowest BCUT2D eigenvalue weighted by atomic mass is 10.2. The predicted molar refractivity (Wildman–Crippen MR) is 103 cm³/mol. The highest BCUT2D eigenvalue weighted by Crippen LogP contribution is 2.30. The van der Waals surface area contributed by atoms with Gasteiger partial charge in [0.25, 0.3) is 0 Å². The van der Waals surface area contributed by atoms with Crippen molar-refractivity contribution in [3.05, 3.63) is 35.1 Å². The molecular weight excluding hydrogens is 354 g/mol. The van der Waals surface area contributed by atoms with Gasteiger partial charge in [0.2, 0.25) is 5.91 Å². The molecule has 0 aliphatic carbocycles. The van der Waals surface area contributed by atoms with Crippen molar-refractivity contribution in [1.82, 2.24) is 14.9 Å². The number of aryl methyl sites for hydroxylation is 1. The van der Waals surface area contributed by atoms with E-state index in [1.807, 2.05) is 17.9 Å². The van der Waals surface area contributed by atoms with Gasteiger partial charge in [-0.05, 0) is 25.1 Å². The lowest BCUT2D eigenvalue weighted by Crippen LogP contribution is -2.48. The number of hydrogen-bond acceptors (Lipinski definition) is 6. The molecule has 0 atom stereocenters. The molecule has 1 aromatic heterocycles. The number of carbonyl (C=O) groups excluding carboxylic acids is 1. The molecule has 3 rings (SSSR count). The van der Waals surface area contributed by atoms with Crippen molar-refractivity contribution in [2.75, 3.05) is 43.5 Å². The Morgan fingerprint density at radius 3 is 2.58 bits per heavy atom. The molecule has 0 unspecified atom stereocenters. The van der Waals surface area contributed by atoms with Crippen molar-refractivity contribution in [3.63, 3.8) is 0 Å². The maximum absolute atomic E-state index is 11.5. The molecule has 1 amide bonds. The largest absolute Gasteiger partial charge is 0.495 e. The Bertz CT molecular complexity index is 806. The van der Waals surface area contributed by atoms with Crippen LogP contribution in [0.15, 0.2) is 24.3 Å². The summed E-state index contributed by atoms with van der Waals surface area (Å²) in [6.07, 6.45) is 0. The van der Waals surface area contributed by atoms with E-state index in [4.69, 9.17) is 16.3 Å². The molecule has 26 heavy (non-hydrogen) atoms. The summed E-state index contributed by atoms with van der Waals surface area (Å²) in [6.45, 7) is 6.35. The fourth-order valence-corrected chi connectivity index (χ4v) is 3.12. The van der Waals surface area contributed by atoms with Gasteiger partial charge in [-0.25, -0.2) is 9.97 Å². The second-order valence-corrected chi connectivity index (χ2v) is 6.56. The third-order valence-electron chi connectivity index (χ3n) is 4.30. The van der Waals surface area contributed by atoms with Crippen LogP contribution in [-0.2, 0) is 4.79 Å². The first-order chi connectivity index (χ1) is 12.5. The van der Waals surface area contributed by atoms with E-state index >= 15 is 0 Å². The highest BCUT2D eigenvalue weighted by molar-refractivity contribution is 6.31. The van der Waals surface area contributed by atoms with Crippen molar-refractivity contribution in [2.24, 2.45) is 0 Å². The van der Waals surface area contributed by atoms with Crippen LogP contribution in [0.1, 0.15) is 12.7 Å². The molecule has 2 aromatic rings. The smallest absolute Gasteiger partial charge is 0.219 e. The summed E-state index contributed by atoms with van der Waals surface area (Å²) in [5.41, 5.74) is 0.741. The maximum atomic E-state index is 11.5. The first-order valence-corrected chi connectivity index (χ1v) is 8.81. The van der Waals surface area contributed by atoms with Crippen molar-refractivity contribution < 1.29 is 9.53 Å². The molecule has 1 fully saturated rings. The summed E-state index contributed by atoms with van der Waals surface area (Å²) in [6, 6.07) is 7.28. The van der Waals surface area contributed by atoms with Gasteiger partial charge in [0.05, 0.1) is 12.8 Å². The number of aromatic nitrogens is 2. The predicted octanol–water partition coefficient (Wildman–Crippen LogP) is 2.86. The minimum atomic E-state index is 0.110. The number of hydrogen-bond donors (Lipinski definition) is 1. The van der Waals surface area contributed by atoms with Crippen LogP contribution in [0.25, 0.3) is 0 Å². The van der Waals surface area contributed by atoms with Crippen molar-refractivity contribution in [3.8, 4) is 5.75 Å². The van der Waals surface area contributed by atoms with Gasteiger partial charge < -0.3 is 19.9 Å². The summed E-state index contributed by atoms with van der Waals surface area (Å²) >= 11 is 6.09. The third kappa shape index (κ3) is 4.16. The quantitative estimate of drug-likeness (QED) is 0.886. The Morgan fingerprint density at radius 1 is 1.19 bits per heavy atom. The van der Waals surface area contributed by atoms with E-state index < -0.39 is 0 Å². The van der Waals surface area contributed by atoms with Crippen LogP contribution in [0.5, 0.6) is 5.75 Å². The summed E-state index contributed by atoms with van der Waals surface area (Å²) in [4.78, 5) is 24.5. The van der Waals surface area contributed by atoms with Crippen LogP contribution in [0, 0.1) is 6.92 Å². The number of halogens is 1. The van der Waals surface area contributed by atoms with Crippen LogP contribution in [0.4, 0.5) is 17.3 Å². The molecule has 0 bridgehead atoms. The van der Waals surface area contributed by atoms with E-state index in [-0.39, 0.29) is 5.91 Å². The fourth-order valence-electron chi connectivity index (χ4n) is 2.94. The highest BCUT2D eigenvalue weighted by atomic mass is 35.5. The lowest BCUT2D eigenvalue weighted by molar-refractivity contribution is -0.129. The molecule has 2 heterocycles. The van der Waals surface area contributed by atoms with E-state index in [2.05, 4.69) is 20.2 Å². The van der Waals surface area contributed by atoms with Gasteiger partial charge in [-0.2, -0.15) is 0 Å². The average molecular weight is 376 g/mol. The molecule has 138 valence electrons. The number of nitrogens with zero attached hydrogens (tertiary/aromatic N) is 4. The average Bonchev–Trinajstić information content (AvgIpc) is 2.61. The first-order valence-electron chi connectivity index (χ1n) is 8.43. The number of amides is 1. The van der Waals surface area contributed by atoms with Crippen LogP contribution in [0.2, 0.25) is 5.02 Å². The summed E-state index contributed by atoms with van der Waals surface area (Å²) in [7, 11) is 1.61. The van der Waals surface area contributed by atoms with E-state index in [9.17, 15) is 4.79 Å². The molecule has 7 nitrogen and oxygen atoms in total. The number of rotatable bonds is 4. The van der Waals surface area contributed by atoms with Crippen LogP contribution >= 0.6 is 11.6 Å². The fraction of sp³-hybridized carbons (Fsp3) is 0.389. The zero-order valence-electron chi connectivity index (χ0n) is 15.1. The molecular formula is C18H22ClN5O2. The van der Waals surface area contributed by atoms with Gasteiger partial charge in [-0.15, -0.1) is 0 Å². The lowest BCUT2D eigenvalue weighted by Gasteiger charge is -2.35. The first kappa shape index (κ1) is 18.3. The summed E-state index contributed by atoms with van der Waals surface area (Å²) in [5.74, 6) is 2.97. The Balaban J connectivity index is 1.81. The van der Waals surface area contributed by atoms with Crippen LogP contribution < -0.4 is 15.0 Å². The van der Waals surface area contributed by atoms with Gasteiger partial charge in [0.1, 0.15) is 23.2 Å². The van der Waals surface area contributed by atoms with Crippen LogP contribution in [0.3, 0.4) is 0 Å². The zero-order chi connectivity index (χ0) is 18.7. The summed E-state index contributed by atoms with van der Waals surface area (Å²) < 4.78 is 5.37. The van der Waals surface area contributed by atoms with Crippen molar-refractivity contribution >= 4 is 34.8 Å². The third-order valence-corrected chi connectivity index (χ3v) is 4.53. The molecule has 0 spiro atoms. The number of nitrogens with one attached hydrogen (secondary N) is 1. The second kappa shape index (κ2) is 7.78. The molecule has 8 heteroatoms. The summed E-state index contributed by atoms with van der Waals surface area (Å²) in [5, 5.41) is 3.87. The molecule has 0 radical (unpaired) electrons. The van der Waals surface area contributed by atoms with E-state index in [1.165, 1.54) is 0 Å². The van der Waals surface area contributed by atoms with E-state index in [1.54, 1.807) is 32.2 Å². The standard InChI is InChI=1S/C18H22ClN5O2/c1-12-20-17(22-15-10-14(19)4-5-16(15)26-3)11-18(21-12)24-8-6-23(7-9-24)13(2)25/h4-5,10-11H,6-9H2,1-3H3,(H,20,21,22). The molecule has 0 saturated carbocycles.